The van der Waals surface area contributed by atoms with Crippen molar-refractivity contribution in [3.05, 3.63) is 65.5 Å². The molecule has 0 saturated heterocycles. The van der Waals surface area contributed by atoms with Crippen LogP contribution in [0.25, 0.3) is 0 Å². The number of rotatable bonds is 4. The van der Waals surface area contributed by atoms with E-state index in [4.69, 9.17) is 0 Å². The van der Waals surface area contributed by atoms with Crippen LogP contribution in [0.2, 0.25) is 0 Å². The van der Waals surface area contributed by atoms with Gasteiger partial charge in [0.1, 0.15) is 10.7 Å². The number of hydrogen-bond donors (Lipinski definition) is 0. The Morgan fingerprint density at radius 2 is 1.62 bits per heavy atom. The van der Waals surface area contributed by atoms with Crippen molar-refractivity contribution in [2.75, 3.05) is 7.05 Å². The molecule has 5 heteroatoms. The highest BCUT2D eigenvalue weighted by atomic mass is 32.2. The fraction of sp³-hybridized carbons (Fsp3) is 0.250. The molecule has 2 rings (SSSR count). The summed E-state index contributed by atoms with van der Waals surface area (Å²) >= 11 is 0. The first-order chi connectivity index (χ1) is 9.84. The van der Waals surface area contributed by atoms with Gasteiger partial charge in [-0.1, -0.05) is 42.0 Å². The Morgan fingerprint density at radius 3 is 2.19 bits per heavy atom. The summed E-state index contributed by atoms with van der Waals surface area (Å²) in [5.74, 6) is -0.736. The molecule has 1 unspecified atom stereocenters. The van der Waals surface area contributed by atoms with E-state index in [0.29, 0.717) is 0 Å². The Bertz CT molecular complexity index is 726. The van der Waals surface area contributed by atoms with Gasteiger partial charge in [-0.25, -0.2) is 12.8 Å². The molecule has 21 heavy (non-hydrogen) atoms. The van der Waals surface area contributed by atoms with Gasteiger partial charge in [0.05, 0.1) is 0 Å². The molecule has 0 amide bonds. The largest absolute Gasteiger partial charge is 0.246 e. The fourth-order valence-corrected chi connectivity index (χ4v) is 3.49. The third-order valence-corrected chi connectivity index (χ3v) is 5.56. The molecule has 3 nitrogen and oxygen atoms in total. The highest BCUT2D eigenvalue weighted by Crippen LogP contribution is 2.27. The molecule has 0 bridgehead atoms. The van der Waals surface area contributed by atoms with Crippen LogP contribution in [-0.2, 0) is 10.0 Å². The van der Waals surface area contributed by atoms with E-state index in [9.17, 15) is 12.8 Å². The highest BCUT2D eigenvalue weighted by molar-refractivity contribution is 7.89. The fourth-order valence-electron chi connectivity index (χ4n) is 2.07. The maximum absolute atomic E-state index is 13.8. The van der Waals surface area contributed by atoms with Crippen LogP contribution in [0, 0.1) is 12.7 Å². The van der Waals surface area contributed by atoms with E-state index >= 15 is 0 Å². The monoisotopic (exact) mass is 307 g/mol. The van der Waals surface area contributed by atoms with Crippen LogP contribution < -0.4 is 0 Å². The lowest BCUT2D eigenvalue weighted by atomic mass is 10.1. The molecule has 0 spiro atoms. The molecule has 0 aromatic heterocycles. The number of hydrogen-bond acceptors (Lipinski definition) is 2. The zero-order valence-electron chi connectivity index (χ0n) is 12.2. The number of benzene rings is 2. The van der Waals surface area contributed by atoms with Crippen molar-refractivity contribution in [1.82, 2.24) is 4.31 Å². The van der Waals surface area contributed by atoms with Gasteiger partial charge in [-0.15, -0.1) is 0 Å². The van der Waals surface area contributed by atoms with Crippen molar-refractivity contribution < 1.29 is 12.8 Å². The van der Waals surface area contributed by atoms with E-state index in [2.05, 4.69) is 0 Å². The molecule has 0 aliphatic heterocycles. The van der Waals surface area contributed by atoms with Gasteiger partial charge in [0.2, 0.25) is 10.0 Å². The second-order valence-corrected chi connectivity index (χ2v) is 7.00. The van der Waals surface area contributed by atoms with E-state index in [1.807, 2.05) is 31.2 Å². The van der Waals surface area contributed by atoms with Gasteiger partial charge in [0, 0.05) is 13.1 Å². The Balaban J connectivity index is 2.36. The van der Waals surface area contributed by atoms with Gasteiger partial charge >= 0.3 is 0 Å². The summed E-state index contributed by atoms with van der Waals surface area (Å²) in [4.78, 5) is -0.300. The third-order valence-electron chi connectivity index (χ3n) is 3.60. The Hall–Kier alpha value is -1.72. The minimum atomic E-state index is -3.87. The Kier molecular flexibility index (Phi) is 4.44. The van der Waals surface area contributed by atoms with Crippen LogP contribution in [-0.4, -0.2) is 19.8 Å². The first-order valence-corrected chi connectivity index (χ1v) is 8.07. The van der Waals surface area contributed by atoms with Crippen molar-refractivity contribution in [2.45, 2.75) is 24.8 Å². The SMILES string of the molecule is Cc1ccc(C(C)N(C)S(=O)(=O)c2ccccc2F)cc1. The molecule has 0 radical (unpaired) electrons. The van der Waals surface area contributed by atoms with Crippen LogP contribution in [0.15, 0.2) is 53.4 Å². The van der Waals surface area contributed by atoms with E-state index in [-0.39, 0.29) is 10.9 Å². The molecular formula is C16H18FNO2S. The molecule has 2 aromatic carbocycles. The van der Waals surface area contributed by atoms with Crippen LogP contribution in [0.4, 0.5) is 4.39 Å². The number of sulfonamides is 1. The number of nitrogens with zero attached hydrogens (tertiary/aromatic N) is 1. The lowest BCUT2D eigenvalue weighted by molar-refractivity contribution is 0.395. The molecule has 0 N–H and O–H groups in total. The zero-order valence-corrected chi connectivity index (χ0v) is 13.1. The van der Waals surface area contributed by atoms with Gasteiger partial charge in [0.25, 0.3) is 0 Å². The summed E-state index contributed by atoms with van der Waals surface area (Å²) in [7, 11) is -2.40. The minimum Gasteiger partial charge on any atom is -0.207 e. The summed E-state index contributed by atoms with van der Waals surface area (Å²) < 4.78 is 40.0. The van der Waals surface area contributed by atoms with Gasteiger partial charge < -0.3 is 0 Å². The van der Waals surface area contributed by atoms with E-state index in [0.717, 1.165) is 17.2 Å². The lowest BCUT2D eigenvalue weighted by Gasteiger charge is -2.25. The van der Waals surface area contributed by atoms with Crippen molar-refractivity contribution in [3.8, 4) is 0 Å². The van der Waals surface area contributed by atoms with E-state index in [1.54, 1.807) is 6.92 Å². The van der Waals surface area contributed by atoms with Crippen molar-refractivity contribution >= 4 is 10.0 Å². The van der Waals surface area contributed by atoms with Crippen molar-refractivity contribution in [1.29, 1.82) is 0 Å². The first kappa shape index (κ1) is 15.7. The van der Waals surface area contributed by atoms with Gasteiger partial charge in [-0.2, -0.15) is 4.31 Å². The molecule has 0 aliphatic rings. The van der Waals surface area contributed by atoms with E-state index in [1.165, 1.54) is 29.6 Å². The Morgan fingerprint density at radius 1 is 1.05 bits per heavy atom. The normalized spacial score (nSPS) is 13.4. The second-order valence-electron chi connectivity index (χ2n) is 5.04. The quantitative estimate of drug-likeness (QED) is 0.866. The van der Waals surface area contributed by atoms with Gasteiger partial charge in [-0.05, 0) is 31.5 Å². The van der Waals surface area contributed by atoms with Crippen LogP contribution in [0.3, 0.4) is 0 Å². The molecular weight excluding hydrogens is 289 g/mol. The molecule has 0 fully saturated rings. The third kappa shape index (κ3) is 3.14. The summed E-state index contributed by atoms with van der Waals surface area (Å²) in [5.41, 5.74) is 1.97. The minimum absolute atomic E-state index is 0.300. The molecule has 0 heterocycles. The van der Waals surface area contributed by atoms with E-state index < -0.39 is 15.8 Å². The van der Waals surface area contributed by atoms with Gasteiger partial charge in [0.15, 0.2) is 0 Å². The van der Waals surface area contributed by atoms with Crippen molar-refractivity contribution in [3.63, 3.8) is 0 Å². The summed E-state index contributed by atoms with van der Waals surface area (Å²) in [6, 6.07) is 12.7. The van der Waals surface area contributed by atoms with Gasteiger partial charge in [-0.3, -0.25) is 0 Å². The highest BCUT2D eigenvalue weighted by Gasteiger charge is 2.28. The summed E-state index contributed by atoms with van der Waals surface area (Å²) in [6.07, 6.45) is 0. The summed E-state index contributed by atoms with van der Waals surface area (Å²) in [5, 5.41) is 0. The molecule has 112 valence electrons. The smallest absolute Gasteiger partial charge is 0.207 e. The Labute approximate surface area is 125 Å². The first-order valence-electron chi connectivity index (χ1n) is 6.63. The standard InChI is InChI=1S/C16H18FNO2S/c1-12-8-10-14(11-9-12)13(2)18(3)21(19,20)16-7-5-4-6-15(16)17/h4-11,13H,1-3H3. The summed E-state index contributed by atoms with van der Waals surface area (Å²) in [6.45, 7) is 3.75. The molecule has 1 atom stereocenters. The van der Waals surface area contributed by atoms with Crippen LogP contribution in [0.5, 0.6) is 0 Å². The average molecular weight is 307 g/mol. The maximum atomic E-state index is 13.8. The molecule has 0 saturated carbocycles. The van der Waals surface area contributed by atoms with Crippen molar-refractivity contribution in [2.24, 2.45) is 0 Å². The average Bonchev–Trinajstić information content (AvgIpc) is 2.46. The topological polar surface area (TPSA) is 37.4 Å². The maximum Gasteiger partial charge on any atom is 0.246 e. The predicted molar refractivity (Wildman–Crippen MR) is 80.9 cm³/mol. The zero-order chi connectivity index (χ0) is 15.6. The predicted octanol–water partition coefficient (Wildman–Crippen LogP) is 3.52. The second kappa shape index (κ2) is 5.95. The number of aryl methyl sites for hydroxylation is 1. The molecule has 0 aliphatic carbocycles. The molecule has 2 aromatic rings. The number of halogens is 1. The van der Waals surface area contributed by atoms with Crippen LogP contribution in [0.1, 0.15) is 24.1 Å². The van der Waals surface area contributed by atoms with Crippen LogP contribution >= 0.6 is 0 Å². The lowest BCUT2D eigenvalue weighted by Crippen LogP contribution is -2.30.